The van der Waals surface area contributed by atoms with Gasteiger partial charge in [0.25, 0.3) is 5.91 Å². The maximum Gasteiger partial charge on any atom is 0.273 e. The third-order valence-electron chi connectivity index (χ3n) is 8.20. The van der Waals surface area contributed by atoms with Crippen molar-refractivity contribution in [2.24, 2.45) is 0 Å². The molecule has 3 N–H and O–H groups in total. The summed E-state index contributed by atoms with van der Waals surface area (Å²) < 4.78 is 0. The third kappa shape index (κ3) is 5.86. The minimum absolute atomic E-state index is 0.0249. The molecule has 1 amide bonds. The van der Waals surface area contributed by atoms with Crippen LogP contribution in [-0.2, 0) is 5.54 Å². The molecule has 3 heterocycles. The topological polar surface area (TPSA) is 90.6 Å². The molecule has 0 saturated carbocycles. The number of rotatable bonds is 7. The van der Waals surface area contributed by atoms with Gasteiger partial charge in [-0.1, -0.05) is 48.4 Å². The summed E-state index contributed by atoms with van der Waals surface area (Å²) in [7, 11) is 0. The molecule has 2 aliphatic heterocycles. The monoisotopic (exact) mass is 527 g/mol. The van der Waals surface area contributed by atoms with Crippen molar-refractivity contribution in [2.75, 3.05) is 49.9 Å². The zero-order chi connectivity index (χ0) is 26.7. The molecule has 8 nitrogen and oxygen atoms in total. The molecule has 0 aliphatic carbocycles. The molecule has 2 aliphatic rings. The van der Waals surface area contributed by atoms with E-state index in [1.54, 1.807) is 0 Å². The first-order chi connectivity index (χ1) is 17.6. The quantitative estimate of drug-likeness (QED) is 0.561. The first-order valence-corrected chi connectivity index (χ1v) is 14.0. The van der Waals surface area contributed by atoms with Crippen molar-refractivity contribution in [1.82, 2.24) is 25.1 Å². The first-order valence-electron chi connectivity index (χ1n) is 13.6. The van der Waals surface area contributed by atoms with E-state index in [2.05, 4.69) is 81.9 Å². The van der Waals surface area contributed by atoms with E-state index >= 15 is 0 Å². The number of benzene rings is 1. The number of nitrogens with one attached hydrogen (secondary N) is 1. The Morgan fingerprint density at radius 2 is 1.78 bits per heavy atom. The van der Waals surface area contributed by atoms with Gasteiger partial charge < -0.3 is 16.0 Å². The standard InChI is InChI=1S/C28H42ClN7O/c1-6-21-18-34(26-24(29)32-23(25(30)33-26)27(37)31-7-2)16-17-36(21)22-12-14-35(15-13-22)28(4,5)20-10-8-19(3)9-11-20/h8-11,21-22H,6-7,12-18H2,1-5H3,(H2,30,33)(H,31,37)/t21-/m0/s1. The van der Waals surface area contributed by atoms with Crippen LogP contribution >= 0.6 is 11.6 Å². The molecule has 1 aromatic carbocycles. The van der Waals surface area contributed by atoms with Crippen molar-refractivity contribution in [3.8, 4) is 0 Å². The van der Waals surface area contributed by atoms with E-state index in [0.717, 1.165) is 39.1 Å². The molecule has 37 heavy (non-hydrogen) atoms. The first kappa shape index (κ1) is 27.6. The molecule has 0 spiro atoms. The van der Waals surface area contributed by atoms with Gasteiger partial charge >= 0.3 is 0 Å². The smallest absolute Gasteiger partial charge is 0.273 e. The number of nitrogen functional groups attached to an aromatic ring is 1. The van der Waals surface area contributed by atoms with Crippen molar-refractivity contribution in [1.29, 1.82) is 0 Å². The Bertz CT molecular complexity index is 1080. The third-order valence-corrected chi connectivity index (χ3v) is 8.45. The van der Waals surface area contributed by atoms with Gasteiger partial charge in [-0.25, -0.2) is 9.97 Å². The van der Waals surface area contributed by atoms with Crippen molar-refractivity contribution < 1.29 is 4.79 Å². The van der Waals surface area contributed by atoms with Crippen LogP contribution < -0.4 is 16.0 Å². The zero-order valence-electron chi connectivity index (χ0n) is 22.9. The fraction of sp³-hybridized carbons (Fsp3) is 0.607. The number of halogens is 1. The zero-order valence-corrected chi connectivity index (χ0v) is 23.7. The summed E-state index contributed by atoms with van der Waals surface area (Å²) in [5, 5.41) is 2.93. The SMILES string of the molecule is CCNC(=O)c1nc(Cl)c(N2CCN(C3CCN(C(C)(C)c4ccc(C)cc4)CC3)[C@@H](CC)C2)nc1N. The van der Waals surface area contributed by atoms with E-state index in [1.807, 2.05) is 6.92 Å². The van der Waals surface area contributed by atoms with Crippen LogP contribution in [0.3, 0.4) is 0 Å². The summed E-state index contributed by atoms with van der Waals surface area (Å²) in [5.41, 5.74) is 8.90. The van der Waals surface area contributed by atoms with Crippen molar-refractivity contribution >= 4 is 29.1 Å². The van der Waals surface area contributed by atoms with Crippen LogP contribution in [0, 0.1) is 6.92 Å². The number of likely N-dealkylation sites (tertiary alicyclic amines) is 1. The lowest BCUT2D eigenvalue weighted by molar-refractivity contribution is 0.0247. The van der Waals surface area contributed by atoms with E-state index < -0.39 is 0 Å². The van der Waals surface area contributed by atoms with Gasteiger partial charge in [0.15, 0.2) is 22.5 Å². The van der Waals surface area contributed by atoms with Crippen LogP contribution in [0.15, 0.2) is 24.3 Å². The number of anilines is 2. The van der Waals surface area contributed by atoms with Crippen LogP contribution in [-0.4, -0.2) is 77.0 Å². The largest absolute Gasteiger partial charge is 0.382 e. The van der Waals surface area contributed by atoms with E-state index in [4.69, 9.17) is 17.3 Å². The van der Waals surface area contributed by atoms with Gasteiger partial charge in [0.05, 0.1) is 0 Å². The van der Waals surface area contributed by atoms with E-state index in [9.17, 15) is 4.79 Å². The Morgan fingerprint density at radius 1 is 1.11 bits per heavy atom. The molecule has 9 heteroatoms. The molecule has 2 saturated heterocycles. The second kappa shape index (κ2) is 11.5. The summed E-state index contributed by atoms with van der Waals surface area (Å²) in [5.74, 6) is 0.332. The average molecular weight is 528 g/mol. The van der Waals surface area contributed by atoms with E-state index in [1.165, 1.54) is 24.0 Å². The highest BCUT2D eigenvalue weighted by atomic mass is 35.5. The number of nitrogens with two attached hydrogens (primary N) is 1. The Labute approximate surface area is 226 Å². The van der Waals surface area contributed by atoms with Gasteiger partial charge in [0.1, 0.15) is 0 Å². The molecular weight excluding hydrogens is 486 g/mol. The summed E-state index contributed by atoms with van der Waals surface area (Å²) >= 11 is 6.50. The lowest BCUT2D eigenvalue weighted by atomic mass is 9.88. The predicted molar refractivity (Wildman–Crippen MR) is 151 cm³/mol. The minimum Gasteiger partial charge on any atom is -0.382 e. The van der Waals surface area contributed by atoms with Crippen LogP contribution in [0.1, 0.15) is 68.6 Å². The van der Waals surface area contributed by atoms with Crippen LogP contribution in [0.2, 0.25) is 5.15 Å². The Kier molecular flexibility index (Phi) is 8.61. The predicted octanol–water partition coefficient (Wildman–Crippen LogP) is 4.07. The Morgan fingerprint density at radius 3 is 2.41 bits per heavy atom. The van der Waals surface area contributed by atoms with Gasteiger partial charge in [0.2, 0.25) is 0 Å². The maximum atomic E-state index is 12.2. The summed E-state index contributed by atoms with van der Waals surface area (Å²) in [6, 6.07) is 9.95. The fourth-order valence-electron chi connectivity index (χ4n) is 5.84. The number of piperidine rings is 1. The number of carbonyl (C=O) groups is 1. The second-order valence-electron chi connectivity index (χ2n) is 10.8. The van der Waals surface area contributed by atoms with Crippen LogP contribution in [0.5, 0.6) is 0 Å². The molecule has 2 aromatic rings. The number of aryl methyl sites for hydroxylation is 1. The average Bonchev–Trinajstić information content (AvgIpc) is 2.90. The molecular formula is C28H42ClN7O. The second-order valence-corrected chi connectivity index (χ2v) is 11.2. The Balaban J connectivity index is 1.40. The lowest BCUT2D eigenvalue weighted by Gasteiger charge is -2.50. The number of aromatic nitrogens is 2. The van der Waals surface area contributed by atoms with Crippen LogP contribution in [0.4, 0.5) is 11.6 Å². The summed E-state index contributed by atoms with van der Waals surface area (Å²) in [6.07, 6.45) is 3.38. The van der Waals surface area contributed by atoms with Crippen molar-refractivity contribution in [3.63, 3.8) is 0 Å². The minimum atomic E-state index is -0.353. The number of piperazine rings is 1. The lowest BCUT2D eigenvalue weighted by Crippen LogP contribution is -2.59. The normalized spacial score (nSPS) is 20.3. The highest BCUT2D eigenvalue weighted by Gasteiger charge is 2.37. The Hall–Kier alpha value is -2.42. The maximum absolute atomic E-state index is 12.2. The molecule has 2 fully saturated rings. The van der Waals surface area contributed by atoms with E-state index in [-0.39, 0.29) is 28.1 Å². The van der Waals surface area contributed by atoms with Gasteiger partial charge in [-0.15, -0.1) is 0 Å². The molecule has 202 valence electrons. The van der Waals surface area contributed by atoms with Gasteiger partial charge in [-0.05, 0) is 52.5 Å². The number of hydrogen-bond acceptors (Lipinski definition) is 7. The molecule has 0 unspecified atom stereocenters. The number of carbonyl (C=O) groups excluding carboxylic acids is 1. The number of hydrogen-bond donors (Lipinski definition) is 2. The summed E-state index contributed by atoms with van der Waals surface area (Å²) in [6.45, 7) is 16.2. The molecule has 1 atom stereocenters. The molecule has 4 rings (SSSR count). The molecule has 0 radical (unpaired) electrons. The van der Waals surface area contributed by atoms with Gasteiger partial charge in [-0.3, -0.25) is 14.6 Å². The highest BCUT2D eigenvalue weighted by Crippen LogP contribution is 2.34. The highest BCUT2D eigenvalue weighted by molar-refractivity contribution is 6.32. The number of amides is 1. The van der Waals surface area contributed by atoms with Crippen molar-refractivity contribution in [2.45, 2.75) is 71.5 Å². The molecule has 1 aromatic heterocycles. The fourth-order valence-corrected chi connectivity index (χ4v) is 6.08. The molecule has 0 bridgehead atoms. The van der Waals surface area contributed by atoms with Gasteiger partial charge in [-0.2, -0.15) is 0 Å². The summed E-state index contributed by atoms with van der Waals surface area (Å²) in [4.78, 5) is 28.5. The number of nitrogens with zero attached hydrogens (tertiary/aromatic N) is 5. The van der Waals surface area contributed by atoms with E-state index in [0.29, 0.717) is 24.4 Å². The van der Waals surface area contributed by atoms with Crippen LogP contribution in [0.25, 0.3) is 0 Å². The van der Waals surface area contributed by atoms with Crippen molar-refractivity contribution in [3.05, 3.63) is 46.2 Å². The van der Waals surface area contributed by atoms with Gasteiger partial charge in [0, 0.05) is 56.9 Å².